The van der Waals surface area contributed by atoms with Gasteiger partial charge in [0, 0.05) is 15.8 Å². The maximum Gasteiger partial charge on any atom is 0.276 e. The van der Waals surface area contributed by atoms with Crippen molar-refractivity contribution in [3.05, 3.63) is 63.4 Å². The predicted octanol–water partition coefficient (Wildman–Crippen LogP) is 5.78. The average molecular weight is 432 g/mol. The topological polar surface area (TPSA) is 57.4 Å². The van der Waals surface area contributed by atoms with Gasteiger partial charge in [-0.1, -0.05) is 46.6 Å². The first-order valence-corrected chi connectivity index (χ1v) is 9.63. The highest BCUT2D eigenvalue weighted by atomic mass is 35.5. The summed E-state index contributed by atoms with van der Waals surface area (Å²) in [6.07, 6.45) is 0. The summed E-state index contributed by atoms with van der Waals surface area (Å²) in [6.45, 7) is 0.622. The van der Waals surface area contributed by atoms with Crippen molar-refractivity contribution in [3.8, 4) is 11.5 Å². The molecule has 0 aliphatic carbocycles. The molecule has 9 heteroatoms. The lowest BCUT2D eigenvalue weighted by atomic mass is 10.3. The number of hydrogen-bond donors (Lipinski definition) is 0. The number of ether oxygens (including phenoxy) is 2. The lowest BCUT2D eigenvalue weighted by Crippen LogP contribution is -2.00. The van der Waals surface area contributed by atoms with Gasteiger partial charge in [-0.05, 0) is 42.5 Å². The van der Waals surface area contributed by atoms with Crippen molar-refractivity contribution in [1.29, 1.82) is 0 Å². The van der Waals surface area contributed by atoms with Crippen LogP contribution in [0, 0.1) is 0 Å². The van der Waals surface area contributed by atoms with Gasteiger partial charge in [0.2, 0.25) is 0 Å². The van der Waals surface area contributed by atoms with E-state index < -0.39 is 0 Å². The third-order valence-electron chi connectivity index (χ3n) is 3.08. The monoisotopic (exact) mass is 430 g/mol. The highest BCUT2D eigenvalue weighted by Gasteiger charge is 2.08. The minimum Gasteiger partial charge on any atom is -0.491 e. The molecule has 3 rings (SSSR count). The maximum absolute atomic E-state index is 6.04. The van der Waals surface area contributed by atoms with Crippen molar-refractivity contribution in [1.82, 2.24) is 10.2 Å². The maximum atomic E-state index is 6.04. The molecule has 0 amide bonds. The van der Waals surface area contributed by atoms with E-state index in [2.05, 4.69) is 10.2 Å². The zero-order valence-electron chi connectivity index (χ0n) is 13.3. The van der Waals surface area contributed by atoms with Gasteiger partial charge in [-0.15, -0.1) is 10.2 Å². The summed E-state index contributed by atoms with van der Waals surface area (Å²) in [5, 5.41) is 10.0. The molecule has 2 aromatic carbocycles. The summed E-state index contributed by atoms with van der Waals surface area (Å²) in [4.78, 5) is 0. The normalized spacial score (nSPS) is 10.7. The number of halogens is 3. The zero-order valence-corrected chi connectivity index (χ0v) is 16.4. The van der Waals surface area contributed by atoms with E-state index >= 15 is 0 Å². The Morgan fingerprint density at radius 2 is 1.69 bits per heavy atom. The Hall–Kier alpha value is -1.60. The molecule has 0 N–H and O–H groups in total. The van der Waals surface area contributed by atoms with E-state index in [0.29, 0.717) is 50.0 Å². The Balaban J connectivity index is 1.41. The molecule has 3 aromatic rings. The minimum absolute atomic E-state index is 0.187. The zero-order chi connectivity index (χ0) is 18.4. The fourth-order valence-electron chi connectivity index (χ4n) is 1.90. The Bertz CT molecular complexity index is 859. The van der Waals surface area contributed by atoms with E-state index in [1.807, 2.05) is 0 Å². The number of rotatable bonds is 8. The molecule has 0 aliphatic rings. The molecule has 0 saturated carbocycles. The molecule has 1 aromatic heterocycles. The third-order valence-corrected chi connectivity index (χ3v) is 4.65. The molecule has 1 heterocycles. The van der Waals surface area contributed by atoms with Crippen molar-refractivity contribution >= 4 is 46.6 Å². The fraction of sp³-hybridized carbons (Fsp3) is 0.176. The van der Waals surface area contributed by atoms with Gasteiger partial charge in [0.25, 0.3) is 11.1 Å². The molecule has 0 aliphatic heterocycles. The van der Waals surface area contributed by atoms with E-state index in [-0.39, 0.29) is 6.61 Å². The Kier molecular flexibility index (Phi) is 6.91. The van der Waals surface area contributed by atoms with Crippen molar-refractivity contribution in [2.24, 2.45) is 0 Å². The summed E-state index contributed by atoms with van der Waals surface area (Å²) >= 11 is 19.1. The van der Waals surface area contributed by atoms with Gasteiger partial charge in [-0.2, -0.15) is 0 Å². The van der Waals surface area contributed by atoms with Gasteiger partial charge in [0.05, 0.1) is 11.6 Å². The van der Waals surface area contributed by atoms with Crippen molar-refractivity contribution in [2.45, 2.75) is 11.8 Å². The van der Waals surface area contributed by atoms with Crippen LogP contribution in [-0.2, 0) is 6.61 Å². The molecular weight excluding hydrogens is 419 g/mol. The van der Waals surface area contributed by atoms with Gasteiger partial charge in [0.15, 0.2) is 6.61 Å². The van der Waals surface area contributed by atoms with Gasteiger partial charge in [-0.3, -0.25) is 0 Å². The van der Waals surface area contributed by atoms with Crippen LogP contribution in [0.3, 0.4) is 0 Å². The van der Waals surface area contributed by atoms with Crippen LogP contribution in [-0.4, -0.2) is 22.6 Å². The first-order valence-electron chi connectivity index (χ1n) is 7.51. The van der Waals surface area contributed by atoms with Gasteiger partial charge >= 0.3 is 0 Å². The SMILES string of the molecule is Clc1ccc(OCc2nnc(SCCOc3ccc(Cl)cc3Cl)o2)cc1. The van der Waals surface area contributed by atoms with Crippen molar-refractivity contribution in [3.63, 3.8) is 0 Å². The van der Waals surface area contributed by atoms with Crippen LogP contribution in [0.1, 0.15) is 5.89 Å². The van der Waals surface area contributed by atoms with Crippen LogP contribution < -0.4 is 9.47 Å². The quantitative estimate of drug-likeness (QED) is 0.333. The van der Waals surface area contributed by atoms with Crippen LogP contribution in [0.5, 0.6) is 11.5 Å². The molecule has 0 fully saturated rings. The van der Waals surface area contributed by atoms with Crippen LogP contribution >= 0.6 is 46.6 Å². The second kappa shape index (κ2) is 9.37. The second-order valence-corrected chi connectivity index (χ2v) is 7.30. The number of thioether (sulfide) groups is 1. The number of hydrogen-bond acceptors (Lipinski definition) is 6. The van der Waals surface area contributed by atoms with Crippen LogP contribution in [0.15, 0.2) is 52.1 Å². The minimum atomic E-state index is 0.187. The molecule has 5 nitrogen and oxygen atoms in total. The van der Waals surface area contributed by atoms with Crippen LogP contribution in [0.2, 0.25) is 15.1 Å². The second-order valence-electron chi connectivity index (χ2n) is 4.98. The fourth-order valence-corrected chi connectivity index (χ4v) is 3.09. The summed E-state index contributed by atoms with van der Waals surface area (Å²) in [5.74, 6) is 2.27. The molecule has 0 atom stereocenters. The van der Waals surface area contributed by atoms with Crippen LogP contribution in [0.4, 0.5) is 0 Å². The summed E-state index contributed by atoms with van der Waals surface area (Å²) < 4.78 is 16.7. The Morgan fingerprint density at radius 3 is 2.46 bits per heavy atom. The Labute approximate surface area is 169 Å². The van der Waals surface area contributed by atoms with E-state index in [9.17, 15) is 0 Å². The molecular formula is C17H13Cl3N2O3S. The standard InChI is InChI=1S/C17H13Cl3N2O3S/c18-11-1-4-13(5-2-11)24-10-16-21-22-17(25-16)26-8-7-23-15-6-3-12(19)9-14(15)20/h1-6,9H,7-8,10H2. The first kappa shape index (κ1) is 19.2. The molecule has 0 saturated heterocycles. The lowest BCUT2D eigenvalue weighted by Gasteiger charge is -2.06. The van der Waals surface area contributed by atoms with E-state index in [1.165, 1.54) is 11.8 Å². The Morgan fingerprint density at radius 1 is 0.923 bits per heavy atom. The third kappa shape index (κ3) is 5.71. The molecule has 0 spiro atoms. The first-order chi connectivity index (χ1) is 12.6. The van der Waals surface area contributed by atoms with Gasteiger partial charge in [-0.25, -0.2) is 0 Å². The lowest BCUT2D eigenvalue weighted by molar-refractivity contribution is 0.252. The average Bonchev–Trinajstić information content (AvgIpc) is 3.07. The van der Waals surface area contributed by atoms with Crippen LogP contribution in [0.25, 0.3) is 0 Å². The van der Waals surface area contributed by atoms with Gasteiger partial charge in [0.1, 0.15) is 11.5 Å². The molecule has 136 valence electrons. The molecule has 26 heavy (non-hydrogen) atoms. The van der Waals surface area contributed by atoms with E-state index in [1.54, 1.807) is 42.5 Å². The summed E-state index contributed by atoms with van der Waals surface area (Å²) in [7, 11) is 0. The van der Waals surface area contributed by atoms with Gasteiger partial charge < -0.3 is 13.9 Å². The summed E-state index contributed by atoms with van der Waals surface area (Å²) in [6, 6.07) is 12.1. The molecule has 0 unspecified atom stereocenters. The smallest absolute Gasteiger partial charge is 0.276 e. The summed E-state index contributed by atoms with van der Waals surface area (Å²) in [5.41, 5.74) is 0. The molecule has 0 radical (unpaired) electrons. The highest BCUT2D eigenvalue weighted by molar-refractivity contribution is 7.99. The largest absolute Gasteiger partial charge is 0.491 e. The predicted molar refractivity (Wildman–Crippen MR) is 103 cm³/mol. The van der Waals surface area contributed by atoms with Crippen molar-refractivity contribution in [2.75, 3.05) is 12.4 Å². The number of nitrogens with zero attached hydrogens (tertiary/aromatic N) is 2. The van der Waals surface area contributed by atoms with E-state index in [0.717, 1.165) is 0 Å². The van der Waals surface area contributed by atoms with Crippen molar-refractivity contribution < 1.29 is 13.9 Å². The van der Waals surface area contributed by atoms with E-state index in [4.69, 9.17) is 48.7 Å². The molecule has 0 bridgehead atoms. The number of aromatic nitrogens is 2. The number of benzene rings is 2. The highest BCUT2D eigenvalue weighted by Crippen LogP contribution is 2.28.